The lowest BCUT2D eigenvalue weighted by Gasteiger charge is -2.35. The fraction of sp³-hybridized carbons (Fsp3) is 0.316. The molecule has 22 heavy (non-hydrogen) atoms. The molecule has 1 N–H and O–H groups in total. The average molecular weight is 294 g/mol. The summed E-state index contributed by atoms with van der Waals surface area (Å²) in [4.78, 5) is 15.4. The van der Waals surface area contributed by atoms with Crippen LogP contribution in [0.1, 0.15) is 29.3 Å². The first-order valence-corrected chi connectivity index (χ1v) is 7.77. The molecule has 2 aromatic carbocycles. The van der Waals surface area contributed by atoms with Gasteiger partial charge in [0.1, 0.15) is 5.54 Å². The van der Waals surface area contributed by atoms with E-state index in [-0.39, 0.29) is 5.78 Å². The average Bonchev–Trinajstić information content (AvgIpc) is 2.88. The molecular formula is C19H22N2O. The molecule has 1 heterocycles. The summed E-state index contributed by atoms with van der Waals surface area (Å²) in [7, 11) is 3.92. The number of benzene rings is 2. The number of hydrogen-bond acceptors (Lipinski definition) is 3. The number of para-hydroxylation sites is 1. The van der Waals surface area contributed by atoms with Crippen LogP contribution in [0.25, 0.3) is 0 Å². The van der Waals surface area contributed by atoms with Crippen LogP contribution in [0, 0.1) is 0 Å². The number of Topliss-reactive ketones (excluding diaryl/α,β-unsaturated/α-hetero) is 1. The van der Waals surface area contributed by atoms with Gasteiger partial charge >= 0.3 is 0 Å². The fourth-order valence-electron chi connectivity index (χ4n) is 3.46. The summed E-state index contributed by atoms with van der Waals surface area (Å²) in [6.45, 7) is 2.10. The second kappa shape index (κ2) is 5.48. The lowest BCUT2D eigenvalue weighted by Crippen LogP contribution is -2.51. The number of carbonyl (C=O) groups excluding carboxylic acids is 1. The van der Waals surface area contributed by atoms with Gasteiger partial charge in [-0.2, -0.15) is 0 Å². The van der Waals surface area contributed by atoms with Crippen molar-refractivity contribution >= 4 is 17.2 Å². The third-order valence-electron chi connectivity index (χ3n) is 4.92. The molecule has 1 aliphatic heterocycles. The summed E-state index contributed by atoms with van der Waals surface area (Å²) >= 11 is 0. The molecule has 0 saturated carbocycles. The number of carbonyl (C=O) groups is 1. The van der Waals surface area contributed by atoms with E-state index >= 15 is 0 Å². The zero-order chi connectivity index (χ0) is 15.7. The second-order valence-electron chi connectivity index (χ2n) is 5.91. The molecule has 3 nitrogen and oxygen atoms in total. The first-order chi connectivity index (χ1) is 10.6. The van der Waals surface area contributed by atoms with Crippen LogP contribution in [0.2, 0.25) is 0 Å². The minimum absolute atomic E-state index is 0.205. The normalized spacial score (nSPS) is 19.9. The van der Waals surface area contributed by atoms with Crippen molar-refractivity contribution in [2.24, 2.45) is 0 Å². The fourth-order valence-corrected chi connectivity index (χ4v) is 3.46. The van der Waals surface area contributed by atoms with Gasteiger partial charge in [0.15, 0.2) is 5.78 Å². The second-order valence-corrected chi connectivity index (χ2v) is 5.91. The molecule has 0 bridgehead atoms. The van der Waals surface area contributed by atoms with Crippen LogP contribution in [-0.2, 0) is 6.42 Å². The molecule has 0 saturated heterocycles. The van der Waals surface area contributed by atoms with Gasteiger partial charge in [-0.05, 0) is 42.3 Å². The monoisotopic (exact) mass is 294 g/mol. The molecule has 1 atom stereocenters. The summed E-state index contributed by atoms with van der Waals surface area (Å²) in [5.41, 5.74) is 3.76. The van der Waals surface area contributed by atoms with Crippen molar-refractivity contribution < 1.29 is 4.79 Å². The highest BCUT2D eigenvalue weighted by Crippen LogP contribution is 2.41. The molecule has 2 aromatic rings. The Morgan fingerprint density at radius 3 is 2.45 bits per heavy atom. The van der Waals surface area contributed by atoms with E-state index in [2.05, 4.69) is 29.3 Å². The van der Waals surface area contributed by atoms with Gasteiger partial charge in [-0.15, -0.1) is 0 Å². The molecule has 0 aromatic heterocycles. The van der Waals surface area contributed by atoms with Crippen molar-refractivity contribution in [1.82, 2.24) is 0 Å². The maximum Gasteiger partial charge on any atom is 0.188 e. The van der Waals surface area contributed by atoms with E-state index in [1.807, 2.05) is 50.5 Å². The van der Waals surface area contributed by atoms with E-state index < -0.39 is 5.54 Å². The van der Waals surface area contributed by atoms with Crippen molar-refractivity contribution in [3.05, 3.63) is 59.7 Å². The van der Waals surface area contributed by atoms with Crippen LogP contribution in [0.3, 0.4) is 0 Å². The van der Waals surface area contributed by atoms with Gasteiger partial charge in [0.2, 0.25) is 0 Å². The zero-order valence-corrected chi connectivity index (χ0v) is 13.4. The van der Waals surface area contributed by atoms with Crippen molar-refractivity contribution in [2.45, 2.75) is 25.3 Å². The number of rotatable bonds is 4. The molecule has 3 rings (SSSR count). The Balaban J connectivity index is 1.99. The molecule has 0 spiro atoms. The Kier molecular flexibility index (Phi) is 3.65. The standard InChI is InChI=1S/C19H22N2O/c1-4-19(13-15-7-5-6-8-17(15)21(19)3)18(22)14-9-11-16(20-2)12-10-14/h5-12,20H,4,13H2,1-3H3. The van der Waals surface area contributed by atoms with Crippen molar-refractivity contribution in [3.63, 3.8) is 0 Å². The Hall–Kier alpha value is -2.29. The first kappa shape index (κ1) is 14.6. The number of nitrogens with zero attached hydrogens (tertiary/aromatic N) is 1. The number of hydrogen-bond donors (Lipinski definition) is 1. The predicted molar refractivity (Wildman–Crippen MR) is 91.9 cm³/mol. The quantitative estimate of drug-likeness (QED) is 0.872. The smallest absolute Gasteiger partial charge is 0.188 e. The Labute approximate surface area is 132 Å². The third kappa shape index (κ3) is 2.08. The largest absolute Gasteiger partial charge is 0.388 e. The maximum absolute atomic E-state index is 13.2. The predicted octanol–water partition coefficient (Wildman–Crippen LogP) is 3.75. The van der Waals surface area contributed by atoms with Crippen LogP contribution < -0.4 is 10.2 Å². The number of ketones is 1. The summed E-state index contributed by atoms with van der Waals surface area (Å²) in [5.74, 6) is 0.205. The molecule has 1 unspecified atom stereocenters. The number of likely N-dealkylation sites (N-methyl/N-ethyl adjacent to an activating group) is 1. The van der Waals surface area contributed by atoms with Crippen LogP contribution in [0.15, 0.2) is 48.5 Å². The molecule has 0 fully saturated rings. The summed E-state index contributed by atoms with van der Waals surface area (Å²) in [6, 6.07) is 16.1. The van der Waals surface area contributed by atoms with Crippen molar-refractivity contribution in [2.75, 3.05) is 24.3 Å². The van der Waals surface area contributed by atoms with E-state index in [1.165, 1.54) is 11.3 Å². The summed E-state index contributed by atoms with van der Waals surface area (Å²) in [5, 5.41) is 3.09. The van der Waals surface area contributed by atoms with Crippen molar-refractivity contribution in [1.29, 1.82) is 0 Å². The van der Waals surface area contributed by atoms with Crippen molar-refractivity contribution in [3.8, 4) is 0 Å². The van der Waals surface area contributed by atoms with Gasteiger partial charge in [0, 0.05) is 37.5 Å². The topological polar surface area (TPSA) is 32.3 Å². The number of fused-ring (bicyclic) bond motifs is 1. The van der Waals surface area contributed by atoms with Gasteiger partial charge in [-0.3, -0.25) is 4.79 Å². The van der Waals surface area contributed by atoms with E-state index in [1.54, 1.807) is 0 Å². The highest BCUT2D eigenvalue weighted by molar-refractivity contribution is 6.06. The lowest BCUT2D eigenvalue weighted by molar-refractivity contribution is 0.0886. The molecule has 0 aliphatic carbocycles. The van der Waals surface area contributed by atoms with Gasteiger partial charge in [0.25, 0.3) is 0 Å². The molecular weight excluding hydrogens is 272 g/mol. The maximum atomic E-state index is 13.2. The van der Waals surface area contributed by atoms with Gasteiger partial charge < -0.3 is 10.2 Å². The summed E-state index contributed by atoms with van der Waals surface area (Å²) < 4.78 is 0. The van der Waals surface area contributed by atoms with Gasteiger partial charge in [-0.25, -0.2) is 0 Å². The zero-order valence-electron chi connectivity index (χ0n) is 13.4. The lowest BCUT2D eigenvalue weighted by atomic mass is 9.83. The van der Waals surface area contributed by atoms with Crippen LogP contribution >= 0.6 is 0 Å². The van der Waals surface area contributed by atoms with E-state index in [9.17, 15) is 4.79 Å². The van der Waals surface area contributed by atoms with E-state index in [0.29, 0.717) is 0 Å². The molecule has 3 heteroatoms. The molecule has 1 aliphatic rings. The minimum Gasteiger partial charge on any atom is -0.388 e. The Morgan fingerprint density at radius 1 is 1.18 bits per heavy atom. The van der Waals surface area contributed by atoms with Crippen LogP contribution in [0.4, 0.5) is 11.4 Å². The summed E-state index contributed by atoms with van der Waals surface area (Å²) in [6.07, 6.45) is 1.58. The SMILES string of the molecule is CCC1(C(=O)c2ccc(NC)cc2)Cc2ccccc2N1C. The van der Waals surface area contributed by atoms with E-state index in [4.69, 9.17) is 0 Å². The third-order valence-corrected chi connectivity index (χ3v) is 4.92. The van der Waals surface area contributed by atoms with Gasteiger partial charge in [-0.1, -0.05) is 25.1 Å². The van der Waals surface area contributed by atoms with E-state index in [0.717, 1.165) is 24.1 Å². The molecule has 114 valence electrons. The number of nitrogens with one attached hydrogen (secondary N) is 1. The Bertz CT molecular complexity index is 693. The van der Waals surface area contributed by atoms with Gasteiger partial charge in [0.05, 0.1) is 0 Å². The molecule has 0 amide bonds. The first-order valence-electron chi connectivity index (χ1n) is 7.77. The van der Waals surface area contributed by atoms with Crippen LogP contribution in [-0.4, -0.2) is 25.4 Å². The Morgan fingerprint density at radius 2 is 1.86 bits per heavy atom. The molecule has 0 radical (unpaired) electrons. The highest BCUT2D eigenvalue weighted by atomic mass is 16.1. The highest BCUT2D eigenvalue weighted by Gasteiger charge is 2.46. The number of anilines is 2. The minimum atomic E-state index is -0.467. The van der Waals surface area contributed by atoms with Crippen LogP contribution in [0.5, 0.6) is 0 Å².